The molecule has 2 aromatic rings. The Kier molecular flexibility index (Phi) is 5.07. The number of aromatic nitrogens is 3. The normalized spacial score (nSPS) is 21.6. The van der Waals surface area contributed by atoms with Crippen molar-refractivity contribution >= 4 is 17.2 Å². The van der Waals surface area contributed by atoms with Gasteiger partial charge in [0.15, 0.2) is 0 Å². The molecule has 0 bridgehead atoms. The fraction of sp³-hybridized carbons (Fsp3) is 0.650. The second-order valence-corrected chi connectivity index (χ2v) is 9.09. The van der Waals surface area contributed by atoms with Gasteiger partial charge in [0.1, 0.15) is 16.6 Å². The average molecular weight is 385 g/mol. The molecule has 0 amide bonds. The summed E-state index contributed by atoms with van der Waals surface area (Å²) in [4.78, 5) is 20.8. The highest BCUT2D eigenvalue weighted by molar-refractivity contribution is 7.11. The van der Waals surface area contributed by atoms with Gasteiger partial charge in [-0.05, 0) is 44.8 Å². The minimum Gasteiger partial charge on any atom is -0.357 e. The van der Waals surface area contributed by atoms with Crippen LogP contribution in [0.4, 0.5) is 5.82 Å². The molecule has 2 fully saturated rings. The molecule has 1 N–H and O–H groups in total. The molecule has 0 spiro atoms. The summed E-state index contributed by atoms with van der Waals surface area (Å²) in [5.41, 5.74) is 1.33. The van der Waals surface area contributed by atoms with Crippen LogP contribution in [0.5, 0.6) is 0 Å². The fourth-order valence-electron chi connectivity index (χ4n) is 4.47. The first-order valence-corrected chi connectivity index (χ1v) is 11.2. The highest BCUT2D eigenvalue weighted by atomic mass is 32.1. The molecule has 7 heteroatoms. The van der Waals surface area contributed by atoms with Crippen LogP contribution in [0.3, 0.4) is 0 Å². The molecule has 2 saturated heterocycles. The summed E-state index contributed by atoms with van der Waals surface area (Å²) in [7, 11) is 0. The lowest BCUT2D eigenvalue weighted by atomic mass is 9.96. The second-order valence-electron chi connectivity index (χ2n) is 7.92. The average Bonchev–Trinajstić information content (AvgIpc) is 3.38. The third kappa shape index (κ3) is 3.86. The Morgan fingerprint density at radius 1 is 1.11 bits per heavy atom. The fourth-order valence-corrected chi connectivity index (χ4v) is 5.60. The van der Waals surface area contributed by atoms with Gasteiger partial charge in [-0.1, -0.05) is 0 Å². The maximum Gasteiger partial charge on any atom is 0.133 e. The van der Waals surface area contributed by atoms with E-state index in [1.807, 2.05) is 17.5 Å². The number of hydrogen-bond donors (Lipinski definition) is 1. The topological polar surface area (TPSA) is 57.2 Å². The monoisotopic (exact) mass is 384 g/mol. The first-order valence-electron chi connectivity index (χ1n) is 10.3. The van der Waals surface area contributed by atoms with Crippen LogP contribution in [0.25, 0.3) is 0 Å². The molecule has 0 aromatic carbocycles. The van der Waals surface area contributed by atoms with Gasteiger partial charge in [-0.2, -0.15) is 0 Å². The summed E-state index contributed by atoms with van der Waals surface area (Å²) in [6.07, 6.45) is 7.91. The Hall–Kier alpha value is -1.57. The highest BCUT2D eigenvalue weighted by Gasteiger charge is 2.25. The van der Waals surface area contributed by atoms with E-state index in [0.29, 0.717) is 5.92 Å². The third-order valence-corrected chi connectivity index (χ3v) is 7.13. The van der Waals surface area contributed by atoms with Gasteiger partial charge in [0.05, 0.1) is 12.2 Å². The summed E-state index contributed by atoms with van der Waals surface area (Å²) in [5.74, 6) is 2.68. The molecule has 2 aromatic heterocycles. The van der Waals surface area contributed by atoms with Gasteiger partial charge in [-0.25, -0.2) is 15.0 Å². The Balaban J connectivity index is 1.19. The van der Waals surface area contributed by atoms with Crippen molar-refractivity contribution in [3.63, 3.8) is 0 Å². The zero-order valence-corrected chi connectivity index (χ0v) is 16.7. The molecule has 0 atom stereocenters. The van der Waals surface area contributed by atoms with Crippen molar-refractivity contribution in [3.8, 4) is 0 Å². The molecule has 0 saturated carbocycles. The summed E-state index contributed by atoms with van der Waals surface area (Å²) in [6.45, 7) is 7.58. The maximum atomic E-state index is 4.91. The van der Waals surface area contributed by atoms with Crippen LogP contribution < -0.4 is 10.2 Å². The largest absolute Gasteiger partial charge is 0.357 e. The standard InChI is InChI=1S/C20H28N6S/c1-2-10-26(9-1)18-4-8-22-20(24-18)15-5-11-25(12-6-15)14-19-23-16-3-7-21-13-17(16)27-19/h4,8,15,21H,1-3,5-7,9-14H2. The Labute approximate surface area is 165 Å². The molecule has 0 aliphatic carbocycles. The van der Waals surface area contributed by atoms with Crippen molar-refractivity contribution in [1.29, 1.82) is 0 Å². The molecule has 144 valence electrons. The number of thiazole rings is 1. The van der Waals surface area contributed by atoms with E-state index < -0.39 is 0 Å². The molecule has 5 heterocycles. The highest BCUT2D eigenvalue weighted by Crippen LogP contribution is 2.29. The number of fused-ring (bicyclic) bond motifs is 1. The van der Waals surface area contributed by atoms with Crippen molar-refractivity contribution in [2.24, 2.45) is 0 Å². The minimum atomic E-state index is 0.498. The summed E-state index contributed by atoms with van der Waals surface area (Å²) in [6, 6.07) is 2.07. The number of nitrogens with one attached hydrogen (secondary N) is 1. The van der Waals surface area contributed by atoms with Crippen molar-refractivity contribution in [2.75, 3.05) is 37.6 Å². The van der Waals surface area contributed by atoms with E-state index in [1.165, 1.54) is 28.4 Å². The van der Waals surface area contributed by atoms with Crippen LogP contribution in [-0.2, 0) is 19.5 Å². The predicted octanol–water partition coefficient (Wildman–Crippen LogP) is 2.56. The molecule has 3 aliphatic heterocycles. The quantitative estimate of drug-likeness (QED) is 0.874. The van der Waals surface area contributed by atoms with Gasteiger partial charge in [0.2, 0.25) is 0 Å². The zero-order chi connectivity index (χ0) is 18.1. The van der Waals surface area contributed by atoms with Gasteiger partial charge in [-0.3, -0.25) is 4.90 Å². The SMILES string of the molecule is c1cc(N2CCCC2)nc(C2CCN(Cc3nc4c(s3)CNCC4)CC2)n1. The lowest BCUT2D eigenvalue weighted by Crippen LogP contribution is -2.33. The molecule has 5 rings (SSSR count). The number of likely N-dealkylation sites (tertiary alicyclic amines) is 1. The van der Waals surface area contributed by atoms with Gasteiger partial charge in [-0.15, -0.1) is 11.3 Å². The summed E-state index contributed by atoms with van der Waals surface area (Å²) in [5, 5.41) is 4.73. The van der Waals surface area contributed by atoms with E-state index in [0.717, 1.165) is 76.7 Å². The molecule has 27 heavy (non-hydrogen) atoms. The van der Waals surface area contributed by atoms with E-state index in [9.17, 15) is 0 Å². The number of nitrogens with zero attached hydrogens (tertiary/aromatic N) is 5. The molecule has 0 unspecified atom stereocenters. The van der Waals surface area contributed by atoms with E-state index in [1.54, 1.807) is 0 Å². The lowest BCUT2D eigenvalue weighted by Gasteiger charge is -2.30. The Bertz CT molecular complexity index is 753. The number of anilines is 1. The number of piperidine rings is 1. The summed E-state index contributed by atoms with van der Waals surface area (Å²) >= 11 is 1.90. The molecular weight excluding hydrogens is 356 g/mol. The summed E-state index contributed by atoms with van der Waals surface area (Å²) < 4.78 is 0. The molecule has 3 aliphatic rings. The van der Waals surface area contributed by atoms with Crippen molar-refractivity contribution in [1.82, 2.24) is 25.2 Å². The van der Waals surface area contributed by atoms with Crippen LogP contribution in [0.15, 0.2) is 12.3 Å². The molecule has 0 radical (unpaired) electrons. The van der Waals surface area contributed by atoms with E-state index >= 15 is 0 Å². The van der Waals surface area contributed by atoms with Gasteiger partial charge in [0.25, 0.3) is 0 Å². The first kappa shape index (κ1) is 17.5. The minimum absolute atomic E-state index is 0.498. The molecular formula is C20H28N6S. The predicted molar refractivity (Wildman–Crippen MR) is 108 cm³/mol. The van der Waals surface area contributed by atoms with Crippen molar-refractivity contribution in [3.05, 3.63) is 33.7 Å². The van der Waals surface area contributed by atoms with E-state index in [-0.39, 0.29) is 0 Å². The zero-order valence-electron chi connectivity index (χ0n) is 15.9. The van der Waals surface area contributed by atoms with Gasteiger partial charge < -0.3 is 10.2 Å². The Morgan fingerprint density at radius 3 is 2.78 bits per heavy atom. The van der Waals surface area contributed by atoms with Crippen molar-refractivity contribution < 1.29 is 0 Å². The first-order chi connectivity index (χ1) is 13.3. The van der Waals surface area contributed by atoms with Crippen LogP contribution in [0, 0.1) is 0 Å². The third-order valence-electron chi connectivity index (χ3n) is 6.05. The number of rotatable bonds is 4. The van der Waals surface area contributed by atoms with Crippen LogP contribution in [0.2, 0.25) is 0 Å². The van der Waals surface area contributed by atoms with Crippen LogP contribution >= 0.6 is 11.3 Å². The smallest absolute Gasteiger partial charge is 0.133 e. The number of hydrogen-bond acceptors (Lipinski definition) is 7. The van der Waals surface area contributed by atoms with E-state index in [2.05, 4.69) is 26.2 Å². The van der Waals surface area contributed by atoms with Gasteiger partial charge in [0, 0.05) is 49.6 Å². The second kappa shape index (κ2) is 7.81. The molecule has 6 nitrogen and oxygen atoms in total. The van der Waals surface area contributed by atoms with Gasteiger partial charge >= 0.3 is 0 Å². The maximum absolute atomic E-state index is 4.91. The van der Waals surface area contributed by atoms with Crippen LogP contribution in [0.1, 0.15) is 53.0 Å². The van der Waals surface area contributed by atoms with E-state index in [4.69, 9.17) is 9.97 Å². The lowest BCUT2D eigenvalue weighted by molar-refractivity contribution is 0.201. The van der Waals surface area contributed by atoms with Crippen LogP contribution in [-0.4, -0.2) is 52.6 Å². The van der Waals surface area contributed by atoms with Crippen molar-refractivity contribution in [2.45, 2.75) is 51.1 Å². The Morgan fingerprint density at radius 2 is 1.96 bits per heavy atom.